The number of aryl methyl sites for hydroxylation is 2. The molecule has 0 aliphatic carbocycles. The molecule has 0 unspecified atom stereocenters. The van der Waals surface area contributed by atoms with E-state index in [-0.39, 0.29) is 11.8 Å². The Labute approximate surface area is 162 Å². The Morgan fingerprint density at radius 3 is 2.68 bits per heavy atom. The van der Waals surface area contributed by atoms with Crippen molar-refractivity contribution >= 4 is 17.5 Å². The van der Waals surface area contributed by atoms with Gasteiger partial charge < -0.3 is 19.4 Å². The number of hydrogen-bond acceptors (Lipinski definition) is 3. The Morgan fingerprint density at radius 1 is 1.14 bits per heavy atom. The van der Waals surface area contributed by atoms with Crippen LogP contribution >= 0.6 is 0 Å². The number of anilines is 1. The van der Waals surface area contributed by atoms with Crippen molar-refractivity contribution in [1.29, 1.82) is 0 Å². The molecule has 142 valence electrons. The minimum Gasteiger partial charge on any atom is -0.347 e. The van der Waals surface area contributed by atoms with Gasteiger partial charge in [-0.05, 0) is 30.2 Å². The van der Waals surface area contributed by atoms with E-state index >= 15 is 0 Å². The molecule has 2 amide bonds. The summed E-state index contributed by atoms with van der Waals surface area (Å²) in [6.45, 7) is 0.489. The fraction of sp³-hybridized carbons (Fsp3) is 0.286. The largest absolute Gasteiger partial charge is 0.347 e. The summed E-state index contributed by atoms with van der Waals surface area (Å²) in [4.78, 5) is 33.1. The molecular weight excluding hydrogens is 354 g/mol. The number of imidazole rings is 1. The summed E-state index contributed by atoms with van der Waals surface area (Å²) in [5.74, 6) is 0.561. The quantitative estimate of drug-likeness (QED) is 0.747. The highest BCUT2D eigenvalue weighted by Crippen LogP contribution is 2.54. The topological polar surface area (TPSA) is 72.2 Å². The van der Waals surface area contributed by atoms with Crippen LogP contribution in [0.15, 0.2) is 55.0 Å². The molecule has 5 rings (SSSR count). The van der Waals surface area contributed by atoms with Crippen molar-refractivity contribution in [2.75, 3.05) is 11.9 Å². The predicted molar refractivity (Wildman–Crippen MR) is 104 cm³/mol. The number of likely N-dealkylation sites (tertiary alicyclic amines) is 1. The molecule has 2 atom stereocenters. The van der Waals surface area contributed by atoms with Crippen LogP contribution in [0.5, 0.6) is 0 Å². The summed E-state index contributed by atoms with van der Waals surface area (Å²) in [7, 11) is 3.75. The van der Waals surface area contributed by atoms with E-state index in [1.165, 1.54) is 0 Å². The summed E-state index contributed by atoms with van der Waals surface area (Å²) < 4.78 is 3.71. The van der Waals surface area contributed by atoms with Gasteiger partial charge in [-0.15, -0.1) is 0 Å². The molecular formula is C21H21N5O2. The van der Waals surface area contributed by atoms with E-state index in [9.17, 15) is 9.59 Å². The standard InChI is InChI=1S/C21H21N5O2/c1-24-11-5-8-16(24)19(27)26-12-9-21(17(26)18-22-10-13-25(18)2)14-6-3-4-7-15(14)23-20(21)28/h3-8,10-11,13,17H,9,12H2,1-2H3,(H,23,28)/t17-,21+/m0/s1. The first kappa shape index (κ1) is 16.8. The van der Waals surface area contributed by atoms with Gasteiger partial charge in [-0.1, -0.05) is 18.2 Å². The number of fused-ring (bicyclic) bond motifs is 2. The number of carbonyl (C=O) groups excluding carboxylic acids is 2. The van der Waals surface area contributed by atoms with Crippen LogP contribution in [0.25, 0.3) is 0 Å². The first-order valence-electron chi connectivity index (χ1n) is 9.34. The van der Waals surface area contributed by atoms with E-state index in [2.05, 4.69) is 10.3 Å². The van der Waals surface area contributed by atoms with Gasteiger partial charge in [0.15, 0.2) is 0 Å². The van der Waals surface area contributed by atoms with Crippen molar-refractivity contribution in [3.8, 4) is 0 Å². The van der Waals surface area contributed by atoms with E-state index in [0.717, 1.165) is 11.3 Å². The molecule has 2 aliphatic heterocycles. The van der Waals surface area contributed by atoms with Gasteiger partial charge in [-0.2, -0.15) is 0 Å². The van der Waals surface area contributed by atoms with E-state index < -0.39 is 11.5 Å². The van der Waals surface area contributed by atoms with Crippen LogP contribution in [0.2, 0.25) is 0 Å². The van der Waals surface area contributed by atoms with Gasteiger partial charge >= 0.3 is 0 Å². The highest BCUT2D eigenvalue weighted by molar-refractivity contribution is 6.08. The first-order chi connectivity index (χ1) is 13.5. The zero-order valence-corrected chi connectivity index (χ0v) is 15.8. The van der Waals surface area contributed by atoms with Gasteiger partial charge in [0, 0.05) is 44.9 Å². The number of rotatable bonds is 2. The number of carbonyl (C=O) groups is 2. The molecule has 1 N–H and O–H groups in total. The van der Waals surface area contributed by atoms with Crippen LogP contribution in [0.4, 0.5) is 5.69 Å². The molecule has 3 aromatic rings. The van der Waals surface area contributed by atoms with E-state index in [0.29, 0.717) is 24.5 Å². The Kier molecular flexibility index (Phi) is 3.49. The lowest BCUT2D eigenvalue weighted by Crippen LogP contribution is -2.44. The molecule has 1 aromatic carbocycles. The molecule has 0 radical (unpaired) electrons. The van der Waals surface area contributed by atoms with Gasteiger partial charge in [-0.3, -0.25) is 9.59 Å². The Hall–Kier alpha value is -3.35. The maximum atomic E-state index is 13.4. The fourth-order valence-corrected chi connectivity index (χ4v) is 4.74. The maximum Gasteiger partial charge on any atom is 0.271 e. The molecule has 2 aromatic heterocycles. The van der Waals surface area contributed by atoms with Gasteiger partial charge in [0.1, 0.15) is 23.0 Å². The molecule has 0 saturated carbocycles. The van der Waals surface area contributed by atoms with Gasteiger partial charge in [0.2, 0.25) is 5.91 Å². The minimum absolute atomic E-state index is 0.0659. The zero-order valence-electron chi connectivity index (χ0n) is 15.8. The fourth-order valence-electron chi connectivity index (χ4n) is 4.74. The predicted octanol–water partition coefficient (Wildman–Crippen LogP) is 2.24. The van der Waals surface area contributed by atoms with Gasteiger partial charge in [0.05, 0.1) is 0 Å². The summed E-state index contributed by atoms with van der Waals surface area (Å²) in [5, 5.41) is 3.03. The summed E-state index contributed by atoms with van der Waals surface area (Å²) in [5.41, 5.74) is 1.52. The molecule has 1 spiro atoms. The number of aromatic nitrogens is 3. The lowest BCUT2D eigenvalue weighted by atomic mass is 9.74. The third-order valence-corrected chi connectivity index (χ3v) is 6.11. The average Bonchev–Trinajstić information content (AvgIpc) is 3.43. The van der Waals surface area contributed by atoms with Crippen LogP contribution in [-0.2, 0) is 24.3 Å². The minimum atomic E-state index is -0.837. The molecule has 4 heterocycles. The van der Waals surface area contributed by atoms with Crippen LogP contribution in [0.3, 0.4) is 0 Å². The number of para-hydroxylation sites is 1. The Balaban J connectivity index is 1.70. The molecule has 0 bridgehead atoms. The zero-order chi connectivity index (χ0) is 19.5. The van der Waals surface area contributed by atoms with E-state index in [1.807, 2.05) is 72.0 Å². The normalized spacial score (nSPS) is 23.3. The maximum absolute atomic E-state index is 13.4. The number of nitrogens with zero attached hydrogens (tertiary/aromatic N) is 4. The van der Waals surface area contributed by atoms with Crippen molar-refractivity contribution in [1.82, 2.24) is 19.0 Å². The number of amides is 2. The third-order valence-electron chi connectivity index (χ3n) is 6.11. The van der Waals surface area contributed by atoms with Crippen molar-refractivity contribution in [2.24, 2.45) is 14.1 Å². The van der Waals surface area contributed by atoms with Crippen molar-refractivity contribution in [3.05, 3.63) is 72.1 Å². The molecule has 2 aliphatic rings. The highest BCUT2D eigenvalue weighted by Gasteiger charge is 2.60. The van der Waals surface area contributed by atoms with Gasteiger partial charge in [-0.25, -0.2) is 4.98 Å². The van der Waals surface area contributed by atoms with Crippen molar-refractivity contribution in [2.45, 2.75) is 17.9 Å². The lowest BCUT2D eigenvalue weighted by molar-refractivity contribution is -0.121. The van der Waals surface area contributed by atoms with Crippen molar-refractivity contribution < 1.29 is 9.59 Å². The van der Waals surface area contributed by atoms with E-state index in [4.69, 9.17) is 0 Å². The van der Waals surface area contributed by atoms with Crippen LogP contribution in [-0.4, -0.2) is 37.4 Å². The summed E-state index contributed by atoms with van der Waals surface area (Å²) in [6.07, 6.45) is 5.98. The molecule has 7 heteroatoms. The molecule has 1 saturated heterocycles. The number of nitrogens with one attached hydrogen (secondary N) is 1. The monoisotopic (exact) mass is 375 g/mol. The smallest absolute Gasteiger partial charge is 0.271 e. The summed E-state index contributed by atoms with van der Waals surface area (Å²) >= 11 is 0. The Morgan fingerprint density at radius 2 is 1.96 bits per heavy atom. The molecule has 7 nitrogen and oxygen atoms in total. The lowest BCUT2D eigenvalue weighted by Gasteiger charge is -2.33. The summed E-state index contributed by atoms with van der Waals surface area (Å²) in [6, 6.07) is 10.9. The SMILES string of the molecule is Cn1cccc1C(=O)N1CC[C@]2(C(=O)Nc3ccccc32)[C@@H]1c1nccn1C. The van der Waals surface area contributed by atoms with Crippen LogP contribution in [0.1, 0.15) is 34.3 Å². The number of hydrogen-bond donors (Lipinski definition) is 1. The average molecular weight is 375 g/mol. The molecule has 1 fully saturated rings. The van der Waals surface area contributed by atoms with Crippen LogP contribution in [0, 0.1) is 0 Å². The second-order valence-electron chi connectivity index (χ2n) is 7.52. The van der Waals surface area contributed by atoms with Gasteiger partial charge in [0.25, 0.3) is 5.91 Å². The first-order valence-corrected chi connectivity index (χ1v) is 9.34. The van der Waals surface area contributed by atoms with E-state index in [1.54, 1.807) is 11.1 Å². The Bertz CT molecular complexity index is 1100. The highest BCUT2D eigenvalue weighted by atomic mass is 16.2. The second-order valence-corrected chi connectivity index (χ2v) is 7.52. The van der Waals surface area contributed by atoms with Crippen LogP contribution < -0.4 is 5.32 Å². The third kappa shape index (κ3) is 2.07. The number of benzene rings is 1. The van der Waals surface area contributed by atoms with Crippen molar-refractivity contribution in [3.63, 3.8) is 0 Å². The second kappa shape index (κ2) is 5.82. The molecule has 28 heavy (non-hydrogen) atoms.